The summed E-state index contributed by atoms with van der Waals surface area (Å²) in [5, 5.41) is 13.0. The predicted octanol–water partition coefficient (Wildman–Crippen LogP) is 0.819. The van der Waals surface area contributed by atoms with Crippen molar-refractivity contribution in [1.29, 1.82) is 0 Å². The molecule has 0 aliphatic rings. The van der Waals surface area contributed by atoms with Gasteiger partial charge in [-0.1, -0.05) is 0 Å². The molecule has 0 radical (unpaired) electrons. The normalized spacial score (nSPS) is 10.8. The summed E-state index contributed by atoms with van der Waals surface area (Å²) >= 11 is 1.60. The van der Waals surface area contributed by atoms with Gasteiger partial charge in [0.15, 0.2) is 0 Å². The van der Waals surface area contributed by atoms with E-state index in [1.54, 1.807) is 11.8 Å². The van der Waals surface area contributed by atoms with Crippen molar-refractivity contribution in [2.75, 3.05) is 12.8 Å². The molecule has 0 fully saturated rings. The van der Waals surface area contributed by atoms with Gasteiger partial charge in [0, 0.05) is 17.7 Å². The van der Waals surface area contributed by atoms with Crippen molar-refractivity contribution >= 4 is 29.7 Å². The van der Waals surface area contributed by atoms with E-state index in [4.69, 9.17) is 5.11 Å². The number of thioether (sulfide) groups is 1. The quantitative estimate of drug-likeness (QED) is 0.658. The number of carboxylic acid groups (broad SMARTS) is 1. The number of imide groups is 1. The molecule has 0 heterocycles. The van der Waals surface area contributed by atoms with Crippen LogP contribution in [0.2, 0.25) is 0 Å². The zero-order valence-electron chi connectivity index (χ0n) is 10.2. The van der Waals surface area contributed by atoms with E-state index in [0.717, 1.165) is 0 Å². The molecule has 0 saturated heterocycles. The second-order valence-corrected chi connectivity index (χ2v) is 5.60. The average molecular weight is 262 g/mol. The SMILES string of the molecule is CSC(C)(C)CNC(=O)NC(=O)CCC(=O)O. The fourth-order valence-corrected chi connectivity index (χ4v) is 1.04. The van der Waals surface area contributed by atoms with Gasteiger partial charge in [0.25, 0.3) is 0 Å². The fraction of sp³-hybridized carbons (Fsp3) is 0.700. The standard InChI is InChI=1S/C10H18N2O4S/c1-10(2,17-3)6-11-9(16)12-7(13)4-5-8(14)15/h4-6H2,1-3H3,(H,14,15)(H2,11,12,13,16). The molecule has 17 heavy (non-hydrogen) atoms. The van der Waals surface area contributed by atoms with Crippen molar-refractivity contribution in [1.82, 2.24) is 10.6 Å². The molecule has 0 atom stereocenters. The Morgan fingerprint density at radius 1 is 1.24 bits per heavy atom. The van der Waals surface area contributed by atoms with Gasteiger partial charge >= 0.3 is 12.0 Å². The van der Waals surface area contributed by atoms with Crippen LogP contribution in [0.15, 0.2) is 0 Å². The van der Waals surface area contributed by atoms with Crippen molar-refractivity contribution in [2.45, 2.75) is 31.4 Å². The molecule has 7 heteroatoms. The predicted molar refractivity (Wildman–Crippen MR) is 66.0 cm³/mol. The van der Waals surface area contributed by atoms with Gasteiger partial charge in [-0.2, -0.15) is 11.8 Å². The van der Waals surface area contributed by atoms with Crippen LogP contribution in [-0.4, -0.2) is 40.6 Å². The molecule has 6 nitrogen and oxygen atoms in total. The third kappa shape index (κ3) is 8.56. The van der Waals surface area contributed by atoms with Gasteiger partial charge in [0.2, 0.25) is 5.91 Å². The number of hydrogen-bond acceptors (Lipinski definition) is 4. The van der Waals surface area contributed by atoms with Gasteiger partial charge in [-0.15, -0.1) is 0 Å². The summed E-state index contributed by atoms with van der Waals surface area (Å²) in [4.78, 5) is 32.6. The Morgan fingerprint density at radius 2 is 1.82 bits per heavy atom. The summed E-state index contributed by atoms with van der Waals surface area (Å²) in [6.45, 7) is 4.35. The summed E-state index contributed by atoms with van der Waals surface area (Å²) < 4.78 is -0.110. The fourth-order valence-electron chi connectivity index (χ4n) is 0.819. The average Bonchev–Trinajstić information content (AvgIpc) is 2.24. The minimum absolute atomic E-state index is 0.110. The minimum atomic E-state index is -1.07. The smallest absolute Gasteiger partial charge is 0.321 e. The van der Waals surface area contributed by atoms with Crippen LogP contribution in [0.25, 0.3) is 0 Å². The van der Waals surface area contributed by atoms with E-state index in [2.05, 4.69) is 10.6 Å². The molecule has 0 aromatic carbocycles. The first-order valence-corrected chi connectivity index (χ1v) is 6.34. The van der Waals surface area contributed by atoms with Crippen LogP contribution in [0, 0.1) is 0 Å². The van der Waals surface area contributed by atoms with Crippen molar-refractivity contribution in [3.63, 3.8) is 0 Å². The number of rotatable bonds is 6. The molecule has 0 aliphatic carbocycles. The highest BCUT2D eigenvalue weighted by atomic mass is 32.2. The molecule has 0 unspecified atom stereocenters. The van der Waals surface area contributed by atoms with Crippen molar-refractivity contribution in [3.05, 3.63) is 0 Å². The van der Waals surface area contributed by atoms with E-state index in [1.165, 1.54) is 0 Å². The number of carboxylic acids is 1. The molecule has 3 N–H and O–H groups in total. The number of carbonyl (C=O) groups is 3. The molecule has 0 saturated carbocycles. The van der Waals surface area contributed by atoms with Crippen molar-refractivity contribution < 1.29 is 19.5 Å². The number of nitrogens with one attached hydrogen (secondary N) is 2. The molecule has 0 aliphatic heterocycles. The van der Waals surface area contributed by atoms with E-state index < -0.39 is 17.9 Å². The van der Waals surface area contributed by atoms with Gasteiger partial charge in [-0.05, 0) is 20.1 Å². The first kappa shape index (κ1) is 15.8. The van der Waals surface area contributed by atoms with E-state index >= 15 is 0 Å². The van der Waals surface area contributed by atoms with E-state index in [1.807, 2.05) is 20.1 Å². The Balaban J connectivity index is 3.86. The van der Waals surface area contributed by atoms with Gasteiger partial charge < -0.3 is 10.4 Å². The topological polar surface area (TPSA) is 95.5 Å². The van der Waals surface area contributed by atoms with Gasteiger partial charge in [0.1, 0.15) is 0 Å². The summed E-state index contributed by atoms with van der Waals surface area (Å²) in [5.41, 5.74) is 0. The van der Waals surface area contributed by atoms with E-state index in [0.29, 0.717) is 6.54 Å². The maximum atomic E-state index is 11.3. The van der Waals surface area contributed by atoms with Crippen LogP contribution in [0.4, 0.5) is 4.79 Å². The minimum Gasteiger partial charge on any atom is -0.481 e. The first-order chi connectivity index (χ1) is 7.76. The van der Waals surface area contributed by atoms with Gasteiger partial charge in [0.05, 0.1) is 6.42 Å². The maximum Gasteiger partial charge on any atom is 0.321 e. The Labute approximate surface area is 105 Å². The summed E-state index contributed by atoms with van der Waals surface area (Å²) in [5.74, 6) is -1.66. The number of aliphatic carboxylic acids is 1. The lowest BCUT2D eigenvalue weighted by Gasteiger charge is -2.22. The third-order valence-corrected chi connectivity index (χ3v) is 3.30. The second kappa shape index (κ2) is 7.16. The highest BCUT2D eigenvalue weighted by Gasteiger charge is 2.17. The van der Waals surface area contributed by atoms with Crippen LogP contribution >= 0.6 is 11.8 Å². The summed E-state index contributed by atoms with van der Waals surface area (Å²) in [6.07, 6.45) is 1.45. The number of hydrogen-bond donors (Lipinski definition) is 3. The lowest BCUT2D eigenvalue weighted by Crippen LogP contribution is -2.44. The Morgan fingerprint density at radius 3 is 2.29 bits per heavy atom. The first-order valence-electron chi connectivity index (χ1n) is 5.11. The summed E-state index contributed by atoms with van der Waals surface area (Å²) in [7, 11) is 0. The lowest BCUT2D eigenvalue weighted by atomic mass is 10.2. The number of urea groups is 1. The van der Waals surface area contributed by atoms with Crippen LogP contribution in [-0.2, 0) is 9.59 Å². The molecular weight excluding hydrogens is 244 g/mol. The monoisotopic (exact) mass is 262 g/mol. The molecule has 0 aromatic rings. The molecule has 0 rings (SSSR count). The maximum absolute atomic E-state index is 11.3. The Bertz CT molecular complexity index is 305. The van der Waals surface area contributed by atoms with Crippen LogP contribution in [0.3, 0.4) is 0 Å². The van der Waals surface area contributed by atoms with Crippen molar-refractivity contribution in [2.24, 2.45) is 0 Å². The second-order valence-electron chi connectivity index (χ2n) is 4.09. The zero-order valence-corrected chi connectivity index (χ0v) is 11.0. The number of amides is 3. The molecule has 0 spiro atoms. The van der Waals surface area contributed by atoms with Crippen LogP contribution in [0.5, 0.6) is 0 Å². The largest absolute Gasteiger partial charge is 0.481 e. The number of carbonyl (C=O) groups excluding carboxylic acids is 2. The Hall–Kier alpha value is -1.24. The molecule has 0 bridgehead atoms. The molecule has 98 valence electrons. The van der Waals surface area contributed by atoms with Crippen molar-refractivity contribution in [3.8, 4) is 0 Å². The van der Waals surface area contributed by atoms with Gasteiger partial charge in [-0.25, -0.2) is 4.79 Å². The van der Waals surface area contributed by atoms with Crippen LogP contribution < -0.4 is 10.6 Å². The lowest BCUT2D eigenvalue weighted by molar-refractivity contribution is -0.138. The molecule has 0 aromatic heterocycles. The Kier molecular flexibility index (Phi) is 6.64. The van der Waals surface area contributed by atoms with Crippen LogP contribution in [0.1, 0.15) is 26.7 Å². The highest BCUT2D eigenvalue weighted by molar-refractivity contribution is 7.99. The molecule has 3 amide bonds. The van der Waals surface area contributed by atoms with E-state index in [-0.39, 0.29) is 17.6 Å². The zero-order chi connectivity index (χ0) is 13.5. The van der Waals surface area contributed by atoms with E-state index in [9.17, 15) is 14.4 Å². The summed E-state index contributed by atoms with van der Waals surface area (Å²) in [6, 6.07) is -0.595. The molecular formula is C10H18N2O4S. The van der Waals surface area contributed by atoms with Gasteiger partial charge in [-0.3, -0.25) is 14.9 Å². The highest BCUT2D eigenvalue weighted by Crippen LogP contribution is 2.19. The third-order valence-electron chi connectivity index (χ3n) is 2.05.